The Morgan fingerprint density at radius 1 is 1.56 bits per heavy atom. The fourth-order valence-corrected chi connectivity index (χ4v) is 1.99. The first-order chi connectivity index (χ1) is 8.52. The van der Waals surface area contributed by atoms with Gasteiger partial charge in [0.05, 0.1) is 31.1 Å². The van der Waals surface area contributed by atoms with Gasteiger partial charge in [-0.05, 0) is 6.92 Å². The summed E-state index contributed by atoms with van der Waals surface area (Å²) in [5.41, 5.74) is 0. The van der Waals surface area contributed by atoms with Gasteiger partial charge in [0.15, 0.2) is 0 Å². The van der Waals surface area contributed by atoms with Gasteiger partial charge in [0.1, 0.15) is 6.61 Å². The molecule has 4 nitrogen and oxygen atoms in total. The summed E-state index contributed by atoms with van der Waals surface area (Å²) in [6.45, 7) is 2.20. The Bertz CT molecular complexity index is 269. The molecule has 1 fully saturated rings. The summed E-state index contributed by atoms with van der Waals surface area (Å²) in [7, 11) is 0. The van der Waals surface area contributed by atoms with Crippen molar-refractivity contribution in [3.05, 3.63) is 0 Å². The molecule has 0 N–H and O–H groups in total. The molecule has 0 saturated carbocycles. The highest BCUT2D eigenvalue weighted by molar-refractivity contribution is 6.18. The fourth-order valence-electron chi connectivity index (χ4n) is 1.82. The molecular formula is C11H18ClF2NO3. The van der Waals surface area contributed by atoms with E-state index in [9.17, 15) is 13.6 Å². The third-order valence-electron chi connectivity index (χ3n) is 2.56. The van der Waals surface area contributed by atoms with Crippen LogP contribution in [0.2, 0.25) is 0 Å². The van der Waals surface area contributed by atoms with Gasteiger partial charge in [0, 0.05) is 13.1 Å². The zero-order chi connectivity index (χ0) is 13.5. The van der Waals surface area contributed by atoms with E-state index in [0.29, 0.717) is 19.0 Å². The van der Waals surface area contributed by atoms with Crippen LogP contribution in [0.3, 0.4) is 0 Å². The molecule has 0 spiro atoms. The quantitative estimate of drug-likeness (QED) is 0.548. The number of nitrogens with zero attached hydrogens (tertiary/aromatic N) is 1. The maximum Gasteiger partial charge on any atom is 0.261 e. The lowest BCUT2D eigenvalue weighted by molar-refractivity contribution is -0.144. The number of hydrogen-bond acceptors (Lipinski definition) is 3. The van der Waals surface area contributed by atoms with Gasteiger partial charge < -0.3 is 14.4 Å². The molecule has 0 aromatic rings. The minimum Gasteiger partial charge on any atom is -0.375 e. The van der Waals surface area contributed by atoms with E-state index in [2.05, 4.69) is 4.74 Å². The normalized spacial score (nSPS) is 24.6. The second-order valence-corrected chi connectivity index (χ2v) is 4.55. The molecule has 0 aromatic carbocycles. The Hall–Kier alpha value is -0.460. The van der Waals surface area contributed by atoms with E-state index in [0.717, 1.165) is 0 Å². The summed E-state index contributed by atoms with van der Waals surface area (Å²) in [6.07, 6.45) is -2.62. The van der Waals surface area contributed by atoms with Crippen molar-refractivity contribution in [1.29, 1.82) is 0 Å². The average molecular weight is 286 g/mol. The second kappa shape index (κ2) is 7.86. The molecule has 1 heterocycles. The maximum atomic E-state index is 11.8. The molecule has 0 aromatic heterocycles. The van der Waals surface area contributed by atoms with Crippen molar-refractivity contribution < 1.29 is 23.0 Å². The number of ether oxygens (including phenoxy) is 2. The number of halogens is 3. The van der Waals surface area contributed by atoms with Crippen LogP contribution in [0.5, 0.6) is 0 Å². The Morgan fingerprint density at radius 3 is 2.89 bits per heavy atom. The van der Waals surface area contributed by atoms with E-state index < -0.39 is 13.0 Å². The van der Waals surface area contributed by atoms with E-state index in [1.54, 1.807) is 4.90 Å². The zero-order valence-corrected chi connectivity index (χ0v) is 11.0. The van der Waals surface area contributed by atoms with Gasteiger partial charge in [0.2, 0.25) is 5.91 Å². The highest BCUT2D eigenvalue weighted by Crippen LogP contribution is 2.13. The first-order valence-electron chi connectivity index (χ1n) is 5.88. The fraction of sp³-hybridized carbons (Fsp3) is 0.909. The van der Waals surface area contributed by atoms with Crippen molar-refractivity contribution in [2.45, 2.75) is 32.0 Å². The van der Waals surface area contributed by atoms with Crippen LogP contribution in [0.25, 0.3) is 0 Å². The first kappa shape index (κ1) is 15.6. The molecule has 7 heteroatoms. The summed E-state index contributed by atoms with van der Waals surface area (Å²) in [4.78, 5) is 13.5. The van der Waals surface area contributed by atoms with E-state index in [1.807, 2.05) is 6.92 Å². The largest absolute Gasteiger partial charge is 0.375 e. The Morgan fingerprint density at radius 2 is 2.28 bits per heavy atom. The van der Waals surface area contributed by atoms with Gasteiger partial charge >= 0.3 is 0 Å². The lowest BCUT2D eigenvalue weighted by atomic mass is 10.2. The Labute approximate surface area is 110 Å². The highest BCUT2D eigenvalue weighted by atomic mass is 35.5. The number of carbonyl (C=O) groups is 1. The van der Waals surface area contributed by atoms with Gasteiger partial charge in [-0.15, -0.1) is 11.6 Å². The number of rotatable bonds is 6. The monoisotopic (exact) mass is 285 g/mol. The standard InChI is InChI=1S/C11H18ClF2NO3/c1-8-5-15(6-9(4-12)18-8)11(16)2-3-17-7-10(13)14/h8-10H,2-7H2,1H3. The molecule has 1 aliphatic rings. The highest BCUT2D eigenvalue weighted by Gasteiger charge is 2.27. The van der Waals surface area contributed by atoms with E-state index in [-0.39, 0.29) is 31.1 Å². The van der Waals surface area contributed by atoms with Crippen LogP contribution in [-0.2, 0) is 14.3 Å². The minimum atomic E-state index is -2.50. The SMILES string of the molecule is CC1CN(C(=O)CCOCC(F)F)CC(CCl)O1. The predicted molar refractivity (Wildman–Crippen MR) is 63.1 cm³/mol. The van der Waals surface area contributed by atoms with Crippen molar-refractivity contribution in [1.82, 2.24) is 4.90 Å². The summed E-state index contributed by atoms with van der Waals surface area (Å²) in [5.74, 6) is 0.213. The number of amides is 1. The van der Waals surface area contributed by atoms with Gasteiger partial charge in [-0.25, -0.2) is 8.78 Å². The lowest BCUT2D eigenvalue weighted by Crippen LogP contribution is -2.50. The molecule has 18 heavy (non-hydrogen) atoms. The molecule has 0 bridgehead atoms. The molecule has 0 aliphatic carbocycles. The third kappa shape index (κ3) is 5.46. The van der Waals surface area contributed by atoms with Gasteiger partial charge in [0.25, 0.3) is 6.43 Å². The van der Waals surface area contributed by atoms with Crippen LogP contribution in [-0.4, -0.2) is 61.6 Å². The van der Waals surface area contributed by atoms with Crippen molar-refractivity contribution in [2.24, 2.45) is 0 Å². The van der Waals surface area contributed by atoms with Gasteiger partial charge in [-0.2, -0.15) is 0 Å². The van der Waals surface area contributed by atoms with E-state index in [1.165, 1.54) is 0 Å². The minimum absolute atomic E-state index is 0.0143. The summed E-state index contributed by atoms with van der Waals surface area (Å²) in [6, 6.07) is 0. The molecule has 1 aliphatic heterocycles. The first-order valence-corrected chi connectivity index (χ1v) is 6.41. The Kier molecular flexibility index (Phi) is 6.81. The van der Waals surface area contributed by atoms with Crippen LogP contribution in [0.4, 0.5) is 8.78 Å². The van der Waals surface area contributed by atoms with Crippen LogP contribution in [0.15, 0.2) is 0 Å². The van der Waals surface area contributed by atoms with E-state index >= 15 is 0 Å². The summed E-state index contributed by atoms with van der Waals surface area (Å²) >= 11 is 5.71. The number of carbonyl (C=O) groups excluding carboxylic acids is 1. The molecule has 2 atom stereocenters. The van der Waals surface area contributed by atoms with Crippen LogP contribution >= 0.6 is 11.6 Å². The van der Waals surface area contributed by atoms with E-state index in [4.69, 9.17) is 16.3 Å². The maximum absolute atomic E-state index is 11.8. The van der Waals surface area contributed by atoms with Crippen LogP contribution in [0.1, 0.15) is 13.3 Å². The smallest absolute Gasteiger partial charge is 0.261 e. The summed E-state index contributed by atoms with van der Waals surface area (Å²) in [5, 5.41) is 0. The average Bonchev–Trinajstić information content (AvgIpc) is 2.33. The molecule has 2 unspecified atom stereocenters. The molecule has 1 rings (SSSR count). The number of hydrogen-bond donors (Lipinski definition) is 0. The van der Waals surface area contributed by atoms with Gasteiger partial charge in [-0.3, -0.25) is 4.79 Å². The zero-order valence-electron chi connectivity index (χ0n) is 10.3. The van der Waals surface area contributed by atoms with Crippen LogP contribution in [0, 0.1) is 0 Å². The molecular weight excluding hydrogens is 268 g/mol. The predicted octanol–water partition coefficient (Wildman–Crippen LogP) is 1.51. The van der Waals surface area contributed by atoms with Crippen molar-refractivity contribution >= 4 is 17.5 Å². The van der Waals surface area contributed by atoms with Crippen LogP contribution < -0.4 is 0 Å². The molecule has 106 valence electrons. The third-order valence-corrected chi connectivity index (χ3v) is 2.90. The number of morpholine rings is 1. The van der Waals surface area contributed by atoms with Crippen molar-refractivity contribution in [3.63, 3.8) is 0 Å². The number of alkyl halides is 3. The molecule has 1 saturated heterocycles. The summed E-state index contributed by atoms with van der Waals surface area (Å²) < 4.78 is 33.8. The van der Waals surface area contributed by atoms with Crippen molar-refractivity contribution in [3.8, 4) is 0 Å². The molecule has 1 amide bonds. The lowest BCUT2D eigenvalue weighted by Gasteiger charge is -2.36. The van der Waals surface area contributed by atoms with Gasteiger partial charge in [-0.1, -0.05) is 0 Å². The topological polar surface area (TPSA) is 38.8 Å². The molecule has 0 radical (unpaired) electrons. The Balaban J connectivity index is 2.27. The second-order valence-electron chi connectivity index (χ2n) is 4.24. The van der Waals surface area contributed by atoms with Crippen molar-refractivity contribution in [2.75, 3.05) is 32.2 Å².